The van der Waals surface area contributed by atoms with E-state index >= 15 is 0 Å². The largest absolute Gasteiger partial charge is 0.326 e. The van der Waals surface area contributed by atoms with Gasteiger partial charge < -0.3 is 5.32 Å². The van der Waals surface area contributed by atoms with Crippen molar-refractivity contribution in [1.82, 2.24) is 0 Å². The standard InChI is InChI=1S/C19H23NO3S/c1-15-8-6-11-18(16(15)2)20-19(21)12-7-13-24(22,23)14-17-9-4-3-5-10-17/h3-6,8-11H,7,12-14H2,1-2H3,(H,20,21). The summed E-state index contributed by atoms with van der Waals surface area (Å²) in [5.74, 6) is -0.118. The van der Waals surface area contributed by atoms with Crippen molar-refractivity contribution in [2.75, 3.05) is 11.1 Å². The molecule has 0 aliphatic rings. The summed E-state index contributed by atoms with van der Waals surface area (Å²) in [6.07, 6.45) is 0.521. The van der Waals surface area contributed by atoms with Gasteiger partial charge in [-0.3, -0.25) is 4.79 Å². The van der Waals surface area contributed by atoms with E-state index in [2.05, 4.69) is 5.32 Å². The second-order valence-corrected chi connectivity index (χ2v) is 8.16. The Bertz CT molecular complexity index is 799. The predicted molar refractivity (Wildman–Crippen MR) is 97.7 cm³/mol. The summed E-state index contributed by atoms with van der Waals surface area (Å²) in [6, 6.07) is 14.8. The Kier molecular flexibility index (Phi) is 6.15. The van der Waals surface area contributed by atoms with E-state index in [0.717, 1.165) is 22.4 Å². The van der Waals surface area contributed by atoms with Crippen LogP contribution in [0.4, 0.5) is 5.69 Å². The molecule has 1 N–H and O–H groups in total. The third-order valence-electron chi connectivity index (χ3n) is 3.97. The minimum atomic E-state index is -3.20. The van der Waals surface area contributed by atoms with Crippen molar-refractivity contribution in [2.45, 2.75) is 32.4 Å². The quantitative estimate of drug-likeness (QED) is 0.833. The van der Waals surface area contributed by atoms with Crippen LogP contribution in [0.3, 0.4) is 0 Å². The first-order valence-corrected chi connectivity index (χ1v) is 9.80. The predicted octanol–water partition coefficient (Wildman–Crippen LogP) is 3.64. The number of carbonyl (C=O) groups is 1. The maximum atomic E-state index is 12.1. The van der Waals surface area contributed by atoms with Gasteiger partial charge in [0.05, 0.1) is 11.5 Å². The molecule has 0 heterocycles. The van der Waals surface area contributed by atoms with Crippen LogP contribution >= 0.6 is 0 Å². The van der Waals surface area contributed by atoms with Crippen molar-refractivity contribution in [3.63, 3.8) is 0 Å². The Morgan fingerprint density at radius 1 is 1.00 bits per heavy atom. The maximum Gasteiger partial charge on any atom is 0.224 e. The molecule has 2 rings (SSSR count). The smallest absolute Gasteiger partial charge is 0.224 e. The fraction of sp³-hybridized carbons (Fsp3) is 0.316. The molecule has 0 aliphatic heterocycles. The van der Waals surface area contributed by atoms with Gasteiger partial charge in [-0.25, -0.2) is 8.42 Å². The number of aryl methyl sites for hydroxylation is 1. The summed E-state index contributed by atoms with van der Waals surface area (Å²) in [5, 5.41) is 2.85. The number of benzene rings is 2. The number of hydrogen-bond acceptors (Lipinski definition) is 3. The van der Waals surface area contributed by atoms with Gasteiger partial charge in [0.15, 0.2) is 9.84 Å². The van der Waals surface area contributed by atoms with Crippen molar-refractivity contribution < 1.29 is 13.2 Å². The van der Waals surface area contributed by atoms with Crippen LogP contribution in [0.5, 0.6) is 0 Å². The summed E-state index contributed by atoms with van der Waals surface area (Å²) < 4.78 is 24.2. The van der Waals surface area contributed by atoms with E-state index in [1.54, 1.807) is 12.1 Å². The fourth-order valence-corrected chi connectivity index (χ4v) is 3.88. The van der Waals surface area contributed by atoms with Gasteiger partial charge in [0.2, 0.25) is 5.91 Å². The third kappa shape index (κ3) is 5.49. The van der Waals surface area contributed by atoms with Crippen molar-refractivity contribution in [2.24, 2.45) is 0 Å². The molecule has 128 valence electrons. The van der Waals surface area contributed by atoms with Crippen LogP contribution < -0.4 is 5.32 Å². The van der Waals surface area contributed by atoms with E-state index < -0.39 is 9.84 Å². The molecule has 2 aromatic rings. The highest BCUT2D eigenvalue weighted by molar-refractivity contribution is 7.90. The number of anilines is 1. The van der Waals surface area contributed by atoms with Crippen LogP contribution in [0.25, 0.3) is 0 Å². The maximum absolute atomic E-state index is 12.1. The molecule has 0 aliphatic carbocycles. The van der Waals surface area contributed by atoms with E-state index in [1.165, 1.54) is 0 Å². The Morgan fingerprint density at radius 3 is 2.42 bits per heavy atom. The summed E-state index contributed by atoms with van der Waals surface area (Å²) >= 11 is 0. The van der Waals surface area contributed by atoms with Gasteiger partial charge in [0.1, 0.15) is 0 Å². The molecule has 0 fully saturated rings. The SMILES string of the molecule is Cc1cccc(NC(=O)CCCS(=O)(=O)Cc2ccccc2)c1C. The van der Waals surface area contributed by atoms with Crippen LogP contribution in [0.15, 0.2) is 48.5 Å². The number of rotatable bonds is 7. The Hall–Kier alpha value is -2.14. The van der Waals surface area contributed by atoms with Crippen molar-refractivity contribution in [1.29, 1.82) is 0 Å². The lowest BCUT2D eigenvalue weighted by molar-refractivity contribution is -0.116. The summed E-state index contributed by atoms with van der Waals surface area (Å²) in [4.78, 5) is 12.0. The lowest BCUT2D eigenvalue weighted by atomic mass is 10.1. The van der Waals surface area contributed by atoms with E-state index in [4.69, 9.17) is 0 Å². The van der Waals surface area contributed by atoms with Gasteiger partial charge in [-0.05, 0) is 43.0 Å². The number of hydrogen-bond donors (Lipinski definition) is 1. The second kappa shape index (κ2) is 8.11. The monoisotopic (exact) mass is 345 g/mol. The zero-order chi connectivity index (χ0) is 17.6. The number of nitrogens with one attached hydrogen (secondary N) is 1. The molecule has 0 atom stereocenters. The topological polar surface area (TPSA) is 63.2 Å². The molecule has 4 nitrogen and oxygen atoms in total. The molecule has 5 heteroatoms. The van der Waals surface area contributed by atoms with Crippen LogP contribution in [-0.2, 0) is 20.4 Å². The van der Waals surface area contributed by atoms with Gasteiger partial charge in [-0.2, -0.15) is 0 Å². The normalized spacial score (nSPS) is 11.2. The Morgan fingerprint density at radius 2 is 1.71 bits per heavy atom. The molecule has 1 amide bonds. The van der Waals surface area contributed by atoms with Crippen molar-refractivity contribution >= 4 is 21.4 Å². The first-order chi connectivity index (χ1) is 11.4. The molecule has 0 unspecified atom stereocenters. The highest BCUT2D eigenvalue weighted by atomic mass is 32.2. The fourth-order valence-electron chi connectivity index (χ4n) is 2.45. The molecule has 0 bridgehead atoms. The second-order valence-electron chi connectivity index (χ2n) is 5.98. The first-order valence-electron chi connectivity index (χ1n) is 7.98. The van der Waals surface area contributed by atoms with E-state index in [9.17, 15) is 13.2 Å². The zero-order valence-corrected chi connectivity index (χ0v) is 14.9. The summed E-state index contributed by atoms with van der Waals surface area (Å²) in [6.45, 7) is 3.94. The minimum absolute atomic E-state index is 0.0160. The summed E-state index contributed by atoms with van der Waals surface area (Å²) in [7, 11) is -3.20. The molecule has 0 saturated heterocycles. The van der Waals surface area contributed by atoms with Gasteiger partial charge in [-0.15, -0.1) is 0 Å². The van der Waals surface area contributed by atoms with Gasteiger partial charge in [0, 0.05) is 12.1 Å². The molecule has 2 aromatic carbocycles. The third-order valence-corrected chi connectivity index (χ3v) is 5.65. The van der Waals surface area contributed by atoms with Gasteiger partial charge in [-0.1, -0.05) is 42.5 Å². The number of sulfone groups is 1. The van der Waals surface area contributed by atoms with Gasteiger partial charge in [0.25, 0.3) is 0 Å². The lowest BCUT2D eigenvalue weighted by Crippen LogP contribution is -2.15. The molecule has 0 saturated carbocycles. The van der Waals surface area contributed by atoms with Crippen LogP contribution in [-0.4, -0.2) is 20.1 Å². The molecule has 24 heavy (non-hydrogen) atoms. The average molecular weight is 345 g/mol. The van der Waals surface area contributed by atoms with E-state index in [-0.39, 0.29) is 23.8 Å². The van der Waals surface area contributed by atoms with Crippen LogP contribution in [0.2, 0.25) is 0 Å². The van der Waals surface area contributed by atoms with E-state index in [1.807, 2.05) is 50.2 Å². The minimum Gasteiger partial charge on any atom is -0.326 e. The Balaban J connectivity index is 1.83. The van der Waals surface area contributed by atoms with Crippen molar-refractivity contribution in [3.05, 3.63) is 65.2 Å². The lowest BCUT2D eigenvalue weighted by Gasteiger charge is -2.10. The Labute approximate surface area is 143 Å². The average Bonchev–Trinajstić information content (AvgIpc) is 2.52. The van der Waals surface area contributed by atoms with Crippen LogP contribution in [0, 0.1) is 13.8 Å². The molecule has 0 aromatic heterocycles. The molecular weight excluding hydrogens is 322 g/mol. The molecular formula is C19H23NO3S. The van der Waals surface area contributed by atoms with Crippen LogP contribution in [0.1, 0.15) is 29.5 Å². The molecule has 0 radical (unpaired) electrons. The van der Waals surface area contributed by atoms with E-state index in [0.29, 0.717) is 6.42 Å². The highest BCUT2D eigenvalue weighted by Crippen LogP contribution is 2.18. The first kappa shape index (κ1) is 18.2. The zero-order valence-electron chi connectivity index (χ0n) is 14.1. The summed E-state index contributed by atoms with van der Waals surface area (Å²) in [5.41, 5.74) is 3.70. The highest BCUT2D eigenvalue weighted by Gasteiger charge is 2.13. The number of carbonyl (C=O) groups excluding carboxylic acids is 1. The van der Waals surface area contributed by atoms with Crippen molar-refractivity contribution in [3.8, 4) is 0 Å². The molecule has 0 spiro atoms. The number of amides is 1. The van der Waals surface area contributed by atoms with Gasteiger partial charge >= 0.3 is 0 Å².